The molecule has 1 fully saturated rings. The number of hydrogen-bond acceptors (Lipinski definition) is 6. The Hall–Kier alpha value is -4.48. The Morgan fingerprint density at radius 2 is 1.78 bits per heavy atom. The van der Waals surface area contributed by atoms with Crippen molar-refractivity contribution in [2.75, 3.05) is 13.7 Å². The number of guanidine groups is 1. The molecule has 10 nitrogen and oxygen atoms in total. The summed E-state index contributed by atoms with van der Waals surface area (Å²) >= 11 is 6.24. The standard InChI is InChI=1S/C26H22ClF8N7O3/c1-37-22(36)41(21(43)13-2-5-15(6-3-13)25(30,31)32)18(11-45-23(44)40-24(8-9-24)26(33,34)35)14-4-7-16(27)17(10-14)42-20(19(28)29)38-12-39-42/h2-7,10,12,18-19H,8-9,11H2,1H3,(H2,36,37)(H,40,44)/t18-/m1/s1. The number of rotatable bonds is 8. The fourth-order valence-electron chi connectivity index (χ4n) is 4.25. The highest BCUT2D eigenvalue weighted by Gasteiger charge is 2.64. The average Bonchev–Trinajstić information content (AvgIpc) is 3.60. The predicted molar refractivity (Wildman–Crippen MR) is 142 cm³/mol. The number of benzene rings is 2. The number of carbonyl (C=O) groups excluding carboxylic acids is 2. The molecule has 0 aliphatic heterocycles. The van der Waals surface area contributed by atoms with Crippen LogP contribution in [0.25, 0.3) is 5.69 Å². The van der Waals surface area contributed by atoms with E-state index in [0.29, 0.717) is 16.8 Å². The highest BCUT2D eigenvalue weighted by molar-refractivity contribution is 6.32. The van der Waals surface area contributed by atoms with Crippen LogP contribution >= 0.6 is 11.6 Å². The molecular formula is C26H22ClF8N7O3. The van der Waals surface area contributed by atoms with Gasteiger partial charge in [0.05, 0.1) is 22.3 Å². The van der Waals surface area contributed by atoms with Crippen LogP contribution in [0.15, 0.2) is 53.8 Å². The number of aromatic nitrogens is 3. The van der Waals surface area contributed by atoms with Crippen molar-refractivity contribution in [2.24, 2.45) is 10.7 Å². The molecule has 3 N–H and O–H groups in total. The van der Waals surface area contributed by atoms with Crippen molar-refractivity contribution >= 4 is 29.6 Å². The molecule has 242 valence electrons. The van der Waals surface area contributed by atoms with E-state index < -0.39 is 79.2 Å². The number of nitrogens with two attached hydrogens (primary N) is 1. The summed E-state index contributed by atoms with van der Waals surface area (Å²) in [6, 6.07) is 5.06. The Bertz CT molecular complexity index is 1590. The summed E-state index contributed by atoms with van der Waals surface area (Å²) in [6.45, 7) is -0.886. The predicted octanol–water partition coefficient (Wildman–Crippen LogP) is 5.83. The van der Waals surface area contributed by atoms with Crippen LogP contribution in [0.1, 0.15) is 52.6 Å². The number of ether oxygens (including phenoxy) is 1. The van der Waals surface area contributed by atoms with E-state index in [9.17, 15) is 44.7 Å². The van der Waals surface area contributed by atoms with Gasteiger partial charge >= 0.3 is 18.4 Å². The number of hydrogen-bond donors (Lipinski definition) is 2. The van der Waals surface area contributed by atoms with Gasteiger partial charge in [-0.2, -0.15) is 31.4 Å². The molecule has 45 heavy (non-hydrogen) atoms. The van der Waals surface area contributed by atoms with Crippen LogP contribution in [0.2, 0.25) is 5.02 Å². The number of alkyl carbamates (subject to hydrolysis) is 1. The Morgan fingerprint density at radius 1 is 1.13 bits per heavy atom. The van der Waals surface area contributed by atoms with E-state index in [4.69, 9.17) is 22.1 Å². The lowest BCUT2D eigenvalue weighted by Gasteiger charge is -2.31. The molecule has 0 saturated heterocycles. The third kappa shape index (κ3) is 7.10. The van der Waals surface area contributed by atoms with Gasteiger partial charge < -0.3 is 15.8 Å². The van der Waals surface area contributed by atoms with Crippen LogP contribution in [0.4, 0.5) is 39.9 Å². The Kier molecular flexibility index (Phi) is 9.27. The number of nitrogens with zero attached hydrogens (tertiary/aromatic N) is 5. The van der Waals surface area contributed by atoms with Crippen molar-refractivity contribution in [1.82, 2.24) is 25.0 Å². The van der Waals surface area contributed by atoms with Gasteiger partial charge in [-0.1, -0.05) is 17.7 Å². The molecule has 0 spiro atoms. The molecule has 0 unspecified atom stereocenters. The molecule has 2 amide bonds. The molecule has 1 heterocycles. The largest absolute Gasteiger partial charge is 0.447 e. The van der Waals surface area contributed by atoms with Gasteiger partial charge in [-0.15, -0.1) is 0 Å². The molecule has 1 aliphatic carbocycles. The van der Waals surface area contributed by atoms with E-state index in [1.54, 1.807) is 5.32 Å². The molecule has 0 bridgehead atoms. The minimum absolute atomic E-state index is 0.0262. The molecule has 1 aliphatic rings. The van der Waals surface area contributed by atoms with Gasteiger partial charge in [0, 0.05) is 12.6 Å². The normalized spacial score (nSPS) is 15.5. The maximum Gasteiger partial charge on any atom is 0.416 e. The first-order valence-corrected chi connectivity index (χ1v) is 13.1. The summed E-state index contributed by atoms with van der Waals surface area (Å²) in [6.07, 6.45) is -14.1. The minimum atomic E-state index is -4.78. The first-order valence-electron chi connectivity index (χ1n) is 12.7. The molecule has 4 rings (SSSR count). The van der Waals surface area contributed by atoms with E-state index in [2.05, 4.69) is 15.1 Å². The highest BCUT2D eigenvalue weighted by Crippen LogP contribution is 2.49. The van der Waals surface area contributed by atoms with Gasteiger partial charge in [-0.25, -0.2) is 23.2 Å². The summed E-state index contributed by atoms with van der Waals surface area (Å²) in [7, 11) is 1.16. The molecule has 3 aromatic rings. The van der Waals surface area contributed by atoms with Gasteiger partial charge in [0.15, 0.2) is 11.8 Å². The van der Waals surface area contributed by atoms with Gasteiger partial charge in [-0.05, 0) is 54.8 Å². The molecule has 1 atom stereocenters. The number of carbonyl (C=O) groups is 2. The van der Waals surface area contributed by atoms with Crippen LogP contribution in [-0.4, -0.2) is 63.0 Å². The van der Waals surface area contributed by atoms with Crippen LogP contribution in [0, 0.1) is 0 Å². The number of amides is 2. The number of alkyl halides is 8. The third-order valence-electron chi connectivity index (χ3n) is 6.82. The zero-order valence-corrected chi connectivity index (χ0v) is 23.6. The van der Waals surface area contributed by atoms with Crippen molar-refractivity contribution in [2.45, 2.75) is 43.2 Å². The summed E-state index contributed by atoms with van der Waals surface area (Å²) in [5.74, 6) is -2.41. The SMILES string of the molecule is CN=C(N)N(C(=O)c1ccc(C(F)(F)F)cc1)[C@H](COC(=O)NC1(C(F)(F)F)CC1)c1ccc(Cl)c(-n2ncnc2C(F)F)c1. The monoisotopic (exact) mass is 667 g/mol. The number of aliphatic imine (C=N–C) groups is 1. The van der Waals surface area contributed by atoms with Crippen molar-refractivity contribution in [3.63, 3.8) is 0 Å². The number of halogens is 9. The highest BCUT2D eigenvalue weighted by atomic mass is 35.5. The van der Waals surface area contributed by atoms with Gasteiger partial charge in [-0.3, -0.25) is 14.7 Å². The maximum absolute atomic E-state index is 13.7. The molecule has 0 radical (unpaired) electrons. The molecule has 1 saturated carbocycles. The number of nitrogens with one attached hydrogen (secondary N) is 1. The van der Waals surface area contributed by atoms with E-state index in [0.717, 1.165) is 36.5 Å². The summed E-state index contributed by atoms with van der Waals surface area (Å²) in [5, 5.41) is 5.37. The topological polar surface area (TPSA) is 128 Å². The maximum atomic E-state index is 13.7. The van der Waals surface area contributed by atoms with E-state index in [1.807, 2.05) is 0 Å². The second-order valence-corrected chi connectivity index (χ2v) is 10.1. The zero-order chi connectivity index (χ0) is 33.3. The Balaban J connectivity index is 1.77. The minimum Gasteiger partial charge on any atom is -0.447 e. The van der Waals surface area contributed by atoms with E-state index >= 15 is 0 Å². The smallest absolute Gasteiger partial charge is 0.416 e. The molecule has 1 aromatic heterocycles. The second-order valence-electron chi connectivity index (χ2n) is 9.69. The Labute approximate surface area is 253 Å². The quantitative estimate of drug-likeness (QED) is 0.177. The first kappa shape index (κ1) is 33.4. The lowest BCUT2D eigenvalue weighted by Crippen LogP contribution is -2.49. The average molecular weight is 668 g/mol. The van der Waals surface area contributed by atoms with E-state index in [-0.39, 0.29) is 21.8 Å². The van der Waals surface area contributed by atoms with Crippen LogP contribution in [-0.2, 0) is 10.9 Å². The van der Waals surface area contributed by atoms with Crippen LogP contribution in [0.3, 0.4) is 0 Å². The summed E-state index contributed by atoms with van der Waals surface area (Å²) in [5.41, 5.74) is 1.91. The van der Waals surface area contributed by atoms with Crippen molar-refractivity contribution in [3.05, 3.63) is 76.3 Å². The van der Waals surface area contributed by atoms with Crippen molar-refractivity contribution < 1.29 is 49.4 Å². The molecule has 19 heteroatoms. The van der Waals surface area contributed by atoms with Gasteiger partial charge in [0.25, 0.3) is 12.3 Å². The molecule has 2 aromatic carbocycles. The van der Waals surface area contributed by atoms with Gasteiger partial charge in [0.2, 0.25) is 0 Å². The van der Waals surface area contributed by atoms with Crippen LogP contribution < -0.4 is 11.1 Å². The van der Waals surface area contributed by atoms with Gasteiger partial charge in [0.1, 0.15) is 18.5 Å². The molecular weight excluding hydrogens is 646 g/mol. The Morgan fingerprint density at radius 3 is 2.31 bits per heavy atom. The zero-order valence-electron chi connectivity index (χ0n) is 22.8. The van der Waals surface area contributed by atoms with Crippen LogP contribution in [0.5, 0.6) is 0 Å². The van der Waals surface area contributed by atoms with E-state index in [1.165, 1.54) is 12.1 Å². The fraction of sp³-hybridized carbons (Fsp3) is 0.346. The first-order chi connectivity index (χ1) is 21.0. The summed E-state index contributed by atoms with van der Waals surface area (Å²) < 4.78 is 112. The fourth-order valence-corrected chi connectivity index (χ4v) is 4.45. The third-order valence-corrected chi connectivity index (χ3v) is 7.14. The second kappa shape index (κ2) is 12.5. The van der Waals surface area contributed by atoms with Crippen molar-refractivity contribution in [1.29, 1.82) is 0 Å². The van der Waals surface area contributed by atoms with Crippen molar-refractivity contribution in [3.8, 4) is 5.69 Å². The summed E-state index contributed by atoms with van der Waals surface area (Å²) in [4.78, 5) is 34.2. The lowest BCUT2D eigenvalue weighted by atomic mass is 10.0. The lowest BCUT2D eigenvalue weighted by molar-refractivity contribution is -0.164.